The highest BCUT2D eigenvalue weighted by atomic mass is 16.5. The van der Waals surface area contributed by atoms with Crippen molar-refractivity contribution in [1.82, 2.24) is 5.32 Å². The number of nitrogens with one attached hydrogen (secondary N) is 1. The van der Waals surface area contributed by atoms with Crippen molar-refractivity contribution in [2.24, 2.45) is 0 Å². The Morgan fingerprint density at radius 1 is 1.04 bits per heavy atom. The zero-order valence-corrected chi connectivity index (χ0v) is 15.1. The molecule has 2 rings (SSSR count). The second kappa shape index (κ2) is 10.3. The van der Waals surface area contributed by atoms with Gasteiger partial charge in [-0.25, -0.2) is 0 Å². The van der Waals surface area contributed by atoms with Gasteiger partial charge in [0.25, 0.3) is 0 Å². The van der Waals surface area contributed by atoms with E-state index in [0.29, 0.717) is 6.54 Å². The SMILES string of the molecule is CCCCCCOc1ccc2ccccc2c1CNC(CC)CO. The molecule has 0 aliphatic heterocycles. The average Bonchev–Trinajstić information content (AvgIpc) is 2.63. The minimum atomic E-state index is 0.126. The van der Waals surface area contributed by atoms with E-state index in [1.807, 2.05) is 0 Å². The summed E-state index contributed by atoms with van der Waals surface area (Å²) in [5.41, 5.74) is 1.19. The van der Waals surface area contributed by atoms with E-state index in [0.717, 1.165) is 25.2 Å². The number of rotatable bonds is 11. The third-order valence-electron chi connectivity index (χ3n) is 4.53. The van der Waals surface area contributed by atoms with Crippen LogP contribution in [0.5, 0.6) is 5.75 Å². The van der Waals surface area contributed by atoms with Crippen LogP contribution in [0, 0.1) is 0 Å². The largest absolute Gasteiger partial charge is 0.493 e. The van der Waals surface area contributed by atoms with Crippen molar-refractivity contribution in [1.29, 1.82) is 0 Å². The normalized spacial score (nSPS) is 12.5. The molecule has 2 aromatic rings. The standard InChI is InChI=1S/C21H31NO2/c1-3-5-6-9-14-24-21-13-12-17-10-7-8-11-19(17)20(21)15-22-18(4-2)16-23/h7-8,10-13,18,22-23H,3-6,9,14-16H2,1-2H3. The molecule has 0 heterocycles. The number of aliphatic hydroxyl groups excluding tert-OH is 1. The fourth-order valence-electron chi connectivity index (χ4n) is 2.93. The van der Waals surface area contributed by atoms with Crippen LogP contribution in [0.4, 0.5) is 0 Å². The van der Waals surface area contributed by atoms with Gasteiger partial charge in [0, 0.05) is 18.2 Å². The average molecular weight is 329 g/mol. The lowest BCUT2D eigenvalue weighted by atomic mass is 10.0. The molecule has 2 aromatic carbocycles. The highest BCUT2D eigenvalue weighted by molar-refractivity contribution is 5.87. The van der Waals surface area contributed by atoms with Gasteiger partial charge >= 0.3 is 0 Å². The highest BCUT2D eigenvalue weighted by Gasteiger charge is 2.11. The summed E-state index contributed by atoms with van der Waals surface area (Å²) in [5, 5.41) is 15.3. The molecule has 0 amide bonds. The van der Waals surface area contributed by atoms with Crippen LogP contribution in [0.1, 0.15) is 51.5 Å². The molecule has 132 valence electrons. The summed E-state index contributed by atoms with van der Waals surface area (Å²) in [6, 6.07) is 12.8. The van der Waals surface area contributed by atoms with Crippen LogP contribution in [0.2, 0.25) is 0 Å². The topological polar surface area (TPSA) is 41.5 Å². The van der Waals surface area contributed by atoms with Crippen molar-refractivity contribution in [2.45, 2.75) is 58.5 Å². The predicted octanol–water partition coefficient (Wildman–Crippen LogP) is 4.66. The number of hydrogen-bond acceptors (Lipinski definition) is 3. The quantitative estimate of drug-likeness (QED) is 0.589. The second-order valence-corrected chi connectivity index (χ2v) is 6.34. The van der Waals surface area contributed by atoms with Crippen LogP contribution in [0.15, 0.2) is 36.4 Å². The van der Waals surface area contributed by atoms with Crippen LogP contribution in [-0.4, -0.2) is 24.4 Å². The molecule has 0 radical (unpaired) electrons. The predicted molar refractivity (Wildman–Crippen MR) is 102 cm³/mol. The molecule has 3 nitrogen and oxygen atoms in total. The molecule has 24 heavy (non-hydrogen) atoms. The van der Waals surface area contributed by atoms with Gasteiger partial charge in [0.1, 0.15) is 5.75 Å². The van der Waals surface area contributed by atoms with E-state index in [-0.39, 0.29) is 12.6 Å². The molecule has 0 saturated heterocycles. The Kier molecular flexibility index (Phi) is 8.06. The minimum absolute atomic E-state index is 0.126. The van der Waals surface area contributed by atoms with Gasteiger partial charge in [-0.1, -0.05) is 63.4 Å². The summed E-state index contributed by atoms with van der Waals surface area (Å²) >= 11 is 0. The van der Waals surface area contributed by atoms with Gasteiger partial charge in [0.05, 0.1) is 13.2 Å². The van der Waals surface area contributed by atoms with Gasteiger partial charge in [-0.15, -0.1) is 0 Å². The van der Waals surface area contributed by atoms with Crippen LogP contribution < -0.4 is 10.1 Å². The maximum absolute atomic E-state index is 9.42. The van der Waals surface area contributed by atoms with Gasteiger partial charge in [0.15, 0.2) is 0 Å². The van der Waals surface area contributed by atoms with Crippen molar-refractivity contribution >= 4 is 10.8 Å². The van der Waals surface area contributed by atoms with E-state index in [4.69, 9.17) is 4.74 Å². The van der Waals surface area contributed by atoms with Gasteiger partial charge < -0.3 is 15.2 Å². The number of hydrogen-bond donors (Lipinski definition) is 2. The lowest BCUT2D eigenvalue weighted by molar-refractivity contribution is 0.237. The first-order valence-electron chi connectivity index (χ1n) is 9.27. The first-order valence-corrected chi connectivity index (χ1v) is 9.27. The number of unbranched alkanes of at least 4 members (excludes halogenated alkanes) is 3. The lowest BCUT2D eigenvalue weighted by Gasteiger charge is -2.18. The van der Waals surface area contributed by atoms with Crippen molar-refractivity contribution in [3.8, 4) is 5.75 Å². The monoisotopic (exact) mass is 329 g/mol. The van der Waals surface area contributed by atoms with E-state index < -0.39 is 0 Å². The van der Waals surface area contributed by atoms with Crippen LogP contribution in [0.3, 0.4) is 0 Å². The molecule has 1 unspecified atom stereocenters. The summed E-state index contributed by atoms with van der Waals surface area (Å²) < 4.78 is 6.09. The van der Waals surface area contributed by atoms with E-state index in [1.165, 1.54) is 35.6 Å². The first kappa shape index (κ1) is 18.8. The Labute approximate surface area is 146 Å². The molecule has 0 spiro atoms. The summed E-state index contributed by atoms with van der Waals surface area (Å²) in [4.78, 5) is 0. The molecule has 0 fully saturated rings. The fourth-order valence-corrected chi connectivity index (χ4v) is 2.93. The molecular formula is C21H31NO2. The summed E-state index contributed by atoms with van der Waals surface area (Å²) in [6.45, 7) is 5.95. The zero-order valence-electron chi connectivity index (χ0n) is 15.1. The third kappa shape index (κ3) is 5.22. The van der Waals surface area contributed by atoms with Gasteiger partial charge in [-0.05, 0) is 29.7 Å². The molecule has 0 bridgehead atoms. The molecule has 0 aliphatic carbocycles. The molecule has 3 heteroatoms. The maximum atomic E-state index is 9.42. The second-order valence-electron chi connectivity index (χ2n) is 6.34. The smallest absolute Gasteiger partial charge is 0.124 e. The summed E-state index contributed by atoms with van der Waals surface area (Å²) in [5.74, 6) is 0.963. The van der Waals surface area contributed by atoms with E-state index in [1.54, 1.807) is 0 Å². The van der Waals surface area contributed by atoms with Gasteiger partial charge in [-0.2, -0.15) is 0 Å². The molecule has 0 aliphatic rings. The van der Waals surface area contributed by atoms with Crippen molar-refractivity contribution in [2.75, 3.05) is 13.2 Å². The lowest BCUT2D eigenvalue weighted by Crippen LogP contribution is -2.31. The van der Waals surface area contributed by atoms with Crippen molar-refractivity contribution in [3.05, 3.63) is 42.0 Å². The Morgan fingerprint density at radius 3 is 2.62 bits per heavy atom. The minimum Gasteiger partial charge on any atom is -0.493 e. The number of aliphatic hydroxyl groups is 1. The number of fused-ring (bicyclic) bond motifs is 1. The molecular weight excluding hydrogens is 298 g/mol. The third-order valence-corrected chi connectivity index (χ3v) is 4.53. The Morgan fingerprint density at radius 2 is 1.88 bits per heavy atom. The van der Waals surface area contributed by atoms with E-state index >= 15 is 0 Å². The maximum Gasteiger partial charge on any atom is 0.124 e. The number of ether oxygens (including phenoxy) is 1. The molecule has 1 atom stereocenters. The van der Waals surface area contributed by atoms with Gasteiger partial charge in [-0.3, -0.25) is 0 Å². The van der Waals surface area contributed by atoms with Gasteiger partial charge in [0.2, 0.25) is 0 Å². The Bertz CT molecular complexity index is 608. The Hall–Kier alpha value is -1.58. The molecule has 2 N–H and O–H groups in total. The van der Waals surface area contributed by atoms with Crippen LogP contribution in [-0.2, 0) is 6.54 Å². The molecule has 0 saturated carbocycles. The van der Waals surface area contributed by atoms with Crippen molar-refractivity contribution < 1.29 is 9.84 Å². The van der Waals surface area contributed by atoms with Crippen LogP contribution >= 0.6 is 0 Å². The highest BCUT2D eigenvalue weighted by Crippen LogP contribution is 2.28. The fraction of sp³-hybridized carbons (Fsp3) is 0.524. The Balaban J connectivity index is 2.14. The molecule has 0 aromatic heterocycles. The van der Waals surface area contributed by atoms with Crippen LogP contribution in [0.25, 0.3) is 10.8 Å². The number of benzene rings is 2. The van der Waals surface area contributed by atoms with E-state index in [9.17, 15) is 5.11 Å². The summed E-state index contributed by atoms with van der Waals surface area (Å²) in [7, 11) is 0. The van der Waals surface area contributed by atoms with Crippen molar-refractivity contribution in [3.63, 3.8) is 0 Å². The van der Waals surface area contributed by atoms with E-state index in [2.05, 4.69) is 55.6 Å². The first-order chi connectivity index (χ1) is 11.8. The zero-order chi connectivity index (χ0) is 17.2. The summed E-state index contributed by atoms with van der Waals surface area (Å²) in [6.07, 6.45) is 5.74.